The van der Waals surface area contributed by atoms with Gasteiger partial charge in [0.25, 0.3) is 0 Å². The lowest BCUT2D eigenvalue weighted by molar-refractivity contribution is 0.119. The molecule has 1 rings (SSSR count). The quantitative estimate of drug-likeness (QED) is 0.339. The first-order valence-electron chi connectivity index (χ1n) is 11.2. The SMILES string of the molecule is CCCCCCCCCCCCc1ccc(C(O)CN(CC)CC)cc1. The molecule has 0 aliphatic heterocycles. The first-order valence-corrected chi connectivity index (χ1v) is 11.2. The number of benzene rings is 1. The molecule has 26 heavy (non-hydrogen) atoms. The third-order valence-electron chi connectivity index (χ3n) is 5.51. The van der Waals surface area contributed by atoms with Crippen LogP contribution in [0.15, 0.2) is 24.3 Å². The molecule has 1 aromatic carbocycles. The van der Waals surface area contributed by atoms with Crippen LogP contribution in [0.5, 0.6) is 0 Å². The highest BCUT2D eigenvalue weighted by atomic mass is 16.3. The molecule has 2 nitrogen and oxygen atoms in total. The number of hydrogen-bond donors (Lipinski definition) is 1. The van der Waals surface area contributed by atoms with Crippen molar-refractivity contribution < 1.29 is 5.11 Å². The Labute approximate surface area is 163 Å². The molecule has 1 atom stereocenters. The van der Waals surface area contributed by atoms with E-state index in [2.05, 4.69) is 49.9 Å². The Kier molecular flexibility index (Phi) is 13.6. The third kappa shape index (κ3) is 10.3. The molecule has 0 spiro atoms. The first kappa shape index (κ1) is 23.2. The number of likely N-dealkylation sites (N-methyl/N-ethyl adjacent to an activating group) is 1. The molecule has 0 radical (unpaired) electrons. The van der Waals surface area contributed by atoms with Gasteiger partial charge in [0.1, 0.15) is 0 Å². The van der Waals surface area contributed by atoms with E-state index in [0.717, 1.165) is 25.2 Å². The van der Waals surface area contributed by atoms with E-state index < -0.39 is 0 Å². The topological polar surface area (TPSA) is 23.5 Å². The van der Waals surface area contributed by atoms with E-state index in [-0.39, 0.29) is 6.10 Å². The summed E-state index contributed by atoms with van der Waals surface area (Å²) in [6.07, 6.45) is 14.7. The summed E-state index contributed by atoms with van der Waals surface area (Å²) in [5, 5.41) is 10.4. The molecule has 0 aliphatic rings. The zero-order chi connectivity index (χ0) is 19.0. The second-order valence-corrected chi connectivity index (χ2v) is 7.68. The van der Waals surface area contributed by atoms with Crippen LogP contribution in [0.3, 0.4) is 0 Å². The van der Waals surface area contributed by atoms with Crippen molar-refractivity contribution in [3.8, 4) is 0 Å². The minimum absolute atomic E-state index is 0.374. The molecule has 0 aromatic heterocycles. The number of aryl methyl sites for hydroxylation is 1. The van der Waals surface area contributed by atoms with Gasteiger partial charge in [0.15, 0.2) is 0 Å². The van der Waals surface area contributed by atoms with Gasteiger partial charge in [-0.25, -0.2) is 0 Å². The summed E-state index contributed by atoms with van der Waals surface area (Å²) in [6, 6.07) is 8.63. The lowest BCUT2D eigenvalue weighted by Gasteiger charge is -2.22. The van der Waals surface area contributed by atoms with E-state index in [9.17, 15) is 5.11 Å². The zero-order valence-electron chi connectivity index (χ0n) is 17.7. The van der Waals surface area contributed by atoms with E-state index in [1.54, 1.807) is 0 Å². The van der Waals surface area contributed by atoms with Crippen molar-refractivity contribution in [2.75, 3.05) is 19.6 Å². The van der Waals surface area contributed by atoms with Crippen molar-refractivity contribution in [3.63, 3.8) is 0 Å². The van der Waals surface area contributed by atoms with Gasteiger partial charge in [-0.1, -0.05) is 103 Å². The highest BCUT2D eigenvalue weighted by Gasteiger charge is 2.11. The molecular formula is C24H43NO. The molecule has 0 aliphatic carbocycles. The van der Waals surface area contributed by atoms with Crippen molar-refractivity contribution in [1.82, 2.24) is 4.90 Å². The monoisotopic (exact) mass is 361 g/mol. The van der Waals surface area contributed by atoms with Crippen molar-refractivity contribution in [1.29, 1.82) is 0 Å². The normalized spacial score (nSPS) is 12.7. The average molecular weight is 362 g/mol. The minimum atomic E-state index is -0.374. The van der Waals surface area contributed by atoms with Crippen LogP contribution >= 0.6 is 0 Å². The molecule has 1 aromatic rings. The number of aliphatic hydroxyl groups is 1. The van der Waals surface area contributed by atoms with Crippen LogP contribution < -0.4 is 0 Å². The van der Waals surface area contributed by atoms with Gasteiger partial charge in [-0.15, -0.1) is 0 Å². The molecule has 0 amide bonds. The summed E-state index contributed by atoms with van der Waals surface area (Å²) in [5.74, 6) is 0. The summed E-state index contributed by atoms with van der Waals surface area (Å²) in [4.78, 5) is 2.27. The first-order chi connectivity index (χ1) is 12.7. The van der Waals surface area contributed by atoms with Crippen LogP contribution in [0.25, 0.3) is 0 Å². The van der Waals surface area contributed by atoms with E-state index in [0.29, 0.717) is 0 Å². The van der Waals surface area contributed by atoms with Crippen molar-refractivity contribution in [2.45, 2.75) is 97.5 Å². The van der Waals surface area contributed by atoms with Gasteiger partial charge in [-0.05, 0) is 37.1 Å². The molecule has 150 valence electrons. The van der Waals surface area contributed by atoms with Gasteiger partial charge in [0, 0.05) is 6.54 Å². The maximum absolute atomic E-state index is 10.4. The summed E-state index contributed by atoms with van der Waals surface area (Å²) in [6.45, 7) is 9.28. The largest absolute Gasteiger partial charge is 0.387 e. The molecule has 1 unspecified atom stereocenters. The fourth-order valence-corrected chi connectivity index (χ4v) is 3.55. The Morgan fingerprint density at radius 3 is 1.73 bits per heavy atom. The third-order valence-corrected chi connectivity index (χ3v) is 5.51. The van der Waals surface area contributed by atoms with E-state index >= 15 is 0 Å². The Morgan fingerprint density at radius 2 is 1.23 bits per heavy atom. The number of rotatable bonds is 16. The maximum atomic E-state index is 10.4. The molecule has 0 fully saturated rings. The van der Waals surface area contributed by atoms with E-state index in [1.807, 2.05) is 0 Å². The molecule has 0 saturated heterocycles. The second-order valence-electron chi connectivity index (χ2n) is 7.68. The van der Waals surface area contributed by atoms with Crippen LogP contribution in [0.4, 0.5) is 0 Å². The predicted octanol–water partition coefficient (Wildman–Crippen LogP) is 6.53. The maximum Gasteiger partial charge on any atom is 0.0916 e. The highest BCUT2D eigenvalue weighted by molar-refractivity contribution is 5.24. The second kappa shape index (κ2) is 15.2. The fourth-order valence-electron chi connectivity index (χ4n) is 3.55. The van der Waals surface area contributed by atoms with Gasteiger partial charge >= 0.3 is 0 Å². The number of nitrogens with zero attached hydrogens (tertiary/aromatic N) is 1. The number of unbranched alkanes of at least 4 members (excludes halogenated alkanes) is 9. The molecule has 0 bridgehead atoms. The van der Waals surface area contributed by atoms with Gasteiger partial charge < -0.3 is 10.0 Å². The zero-order valence-corrected chi connectivity index (χ0v) is 17.7. The molecular weight excluding hydrogens is 318 g/mol. The van der Waals surface area contributed by atoms with Crippen molar-refractivity contribution >= 4 is 0 Å². The van der Waals surface area contributed by atoms with Crippen LogP contribution in [0.1, 0.15) is 102 Å². The van der Waals surface area contributed by atoms with Gasteiger partial charge in [-0.3, -0.25) is 0 Å². The molecule has 0 heterocycles. The summed E-state index contributed by atoms with van der Waals surface area (Å²) in [7, 11) is 0. The van der Waals surface area contributed by atoms with Crippen LogP contribution in [-0.2, 0) is 6.42 Å². The summed E-state index contributed by atoms with van der Waals surface area (Å²) < 4.78 is 0. The van der Waals surface area contributed by atoms with Crippen molar-refractivity contribution in [2.24, 2.45) is 0 Å². The summed E-state index contributed by atoms with van der Waals surface area (Å²) >= 11 is 0. The van der Waals surface area contributed by atoms with Crippen LogP contribution in [0, 0.1) is 0 Å². The van der Waals surface area contributed by atoms with Crippen LogP contribution in [0.2, 0.25) is 0 Å². The van der Waals surface area contributed by atoms with E-state index in [4.69, 9.17) is 0 Å². The number of hydrogen-bond acceptors (Lipinski definition) is 2. The van der Waals surface area contributed by atoms with Gasteiger partial charge in [-0.2, -0.15) is 0 Å². The predicted molar refractivity (Wildman–Crippen MR) is 115 cm³/mol. The van der Waals surface area contributed by atoms with Gasteiger partial charge in [0.05, 0.1) is 6.10 Å². The standard InChI is InChI=1S/C24H43NO/c1-4-7-8-9-10-11-12-13-14-15-16-22-17-19-23(20-18-22)24(26)21-25(5-2)6-3/h17-20,24,26H,4-16,21H2,1-3H3. The Hall–Kier alpha value is -0.860. The lowest BCUT2D eigenvalue weighted by atomic mass is 10.0. The molecule has 0 saturated carbocycles. The van der Waals surface area contributed by atoms with Gasteiger partial charge in [0.2, 0.25) is 0 Å². The van der Waals surface area contributed by atoms with Crippen molar-refractivity contribution in [3.05, 3.63) is 35.4 Å². The average Bonchev–Trinajstić information content (AvgIpc) is 2.67. The summed E-state index contributed by atoms with van der Waals surface area (Å²) in [5.41, 5.74) is 2.45. The van der Waals surface area contributed by atoms with E-state index in [1.165, 1.54) is 76.2 Å². The molecule has 1 N–H and O–H groups in total. The number of aliphatic hydroxyl groups excluding tert-OH is 1. The Bertz CT molecular complexity index is 424. The highest BCUT2D eigenvalue weighted by Crippen LogP contribution is 2.17. The lowest BCUT2D eigenvalue weighted by Crippen LogP contribution is -2.28. The molecule has 2 heteroatoms. The Morgan fingerprint density at radius 1 is 0.731 bits per heavy atom. The fraction of sp³-hybridized carbons (Fsp3) is 0.750. The minimum Gasteiger partial charge on any atom is -0.387 e. The Balaban J connectivity index is 2.13. The smallest absolute Gasteiger partial charge is 0.0916 e. The van der Waals surface area contributed by atoms with Crippen LogP contribution in [-0.4, -0.2) is 29.6 Å².